The molecule has 2 aromatic carbocycles. The van der Waals surface area contributed by atoms with Crippen LogP contribution in [0.25, 0.3) is 16.7 Å². The predicted molar refractivity (Wildman–Crippen MR) is 118 cm³/mol. The Bertz CT molecular complexity index is 1430. The zero-order chi connectivity index (χ0) is 22.3. The van der Waals surface area contributed by atoms with Gasteiger partial charge in [0.15, 0.2) is 0 Å². The number of carbonyl (C=O) groups excluding carboxylic acids is 1. The Balaban J connectivity index is 1.88. The number of halogens is 2. The highest BCUT2D eigenvalue weighted by Crippen LogP contribution is 2.21. The average molecular weight is 441 g/mol. The summed E-state index contributed by atoms with van der Waals surface area (Å²) in [7, 11) is 1.70. The lowest BCUT2D eigenvalue weighted by molar-refractivity contribution is -0.116. The van der Waals surface area contributed by atoms with E-state index in [4.69, 9.17) is 11.6 Å². The van der Waals surface area contributed by atoms with Crippen LogP contribution in [-0.4, -0.2) is 19.6 Å². The molecule has 1 N–H and O–H groups in total. The lowest BCUT2D eigenvalue weighted by atomic mass is 10.3. The molecule has 1 amide bonds. The van der Waals surface area contributed by atoms with Gasteiger partial charge in [0.05, 0.1) is 21.9 Å². The number of nitrogens with one attached hydrogen (secondary N) is 1. The summed E-state index contributed by atoms with van der Waals surface area (Å²) in [5.41, 5.74) is 0.694. The van der Waals surface area contributed by atoms with Crippen molar-refractivity contribution in [3.05, 3.63) is 92.0 Å². The molecule has 2 heterocycles. The third kappa shape index (κ3) is 3.66. The molecule has 0 aliphatic carbocycles. The van der Waals surface area contributed by atoms with Crippen molar-refractivity contribution in [1.82, 2.24) is 13.7 Å². The predicted octanol–water partition coefficient (Wildman–Crippen LogP) is 3.23. The average Bonchev–Trinajstić information content (AvgIpc) is 3.03. The van der Waals surface area contributed by atoms with Gasteiger partial charge in [0, 0.05) is 12.7 Å². The van der Waals surface area contributed by atoms with E-state index in [1.807, 2.05) is 0 Å². The fourth-order valence-electron chi connectivity index (χ4n) is 3.45. The van der Waals surface area contributed by atoms with Crippen LogP contribution < -0.4 is 16.6 Å². The summed E-state index contributed by atoms with van der Waals surface area (Å²) in [6.07, 6.45) is 0. The number of benzene rings is 2. The van der Waals surface area contributed by atoms with Gasteiger partial charge < -0.3 is 9.88 Å². The molecule has 158 valence electrons. The van der Waals surface area contributed by atoms with Gasteiger partial charge in [-0.15, -0.1) is 0 Å². The van der Waals surface area contributed by atoms with Gasteiger partial charge in [0.1, 0.15) is 17.9 Å². The van der Waals surface area contributed by atoms with Crippen LogP contribution in [0.2, 0.25) is 5.02 Å². The summed E-state index contributed by atoms with van der Waals surface area (Å²) in [6.45, 7) is 1.45. The number of rotatable bonds is 4. The molecule has 0 radical (unpaired) electrons. The van der Waals surface area contributed by atoms with Crippen LogP contribution in [-0.2, 0) is 18.4 Å². The van der Waals surface area contributed by atoms with Crippen molar-refractivity contribution in [2.45, 2.75) is 13.5 Å². The highest BCUT2D eigenvalue weighted by atomic mass is 35.5. The molecule has 4 rings (SSSR count). The molecule has 9 heteroatoms. The van der Waals surface area contributed by atoms with Gasteiger partial charge in [0.2, 0.25) is 5.91 Å². The molecule has 0 atom stereocenters. The van der Waals surface area contributed by atoms with E-state index in [1.54, 1.807) is 48.9 Å². The van der Waals surface area contributed by atoms with E-state index in [1.165, 1.54) is 16.7 Å². The van der Waals surface area contributed by atoms with Crippen LogP contribution >= 0.6 is 11.6 Å². The first-order valence-electron chi connectivity index (χ1n) is 9.40. The number of aromatic nitrogens is 3. The van der Waals surface area contributed by atoms with Crippen LogP contribution in [0.4, 0.5) is 10.1 Å². The molecule has 0 fully saturated rings. The third-order valence-corrected chi connectivity index (χ3v) is 5.44. The standard InChI is InChI=1S/C22H18ClFN4O3/c1-13-11-18-20(26(13)2)21(30)28(15-9-7-14(24)8-10-15)22(31)27(18)12-19(29)25-17-6-4-3-5-16(17)23/h3-11H,12H2,1-2H3,(H,25,29). The highest BCUT2D eigenvalue weighted by Gasteiger charge is 2.20. The summed E-state index contributed by atoms with van der Waals surface area (Å²) < 4.78 is 17.2. The smallest absolute Gasteiger partial charge is 0.336 e. The van der Waals surface area contributed by atoms with E-state index < -0.39 is 23.0 Å². The SMILES string of the molecule is Cc1cc2c(c(=O)n(-c3ccc(F)cc3)c(=O)n2CC(=O)Nc2ccccc2Cl)n1C. The van der Waals surface area contributed by atoms with Gasteiger partial charge in [-0.05, 0) is 49.4 Å². The number of nitrogens with zero attached hydrogens (tertiary/aromatic N) is 3. The molecule has 0 unspecified atom stereocenters. The molecule has 0 aliphatic heterocycles. The van der Waals surface area contributed by atoms with Crippen LogP contribution in [0.5, 0.6) is 0 Å². The van der Waals surface area contributed by atoms with E-state index in [2.05, 4.69) is 5.32 Å². The number of amides is 1. The normalized spacial score (nSPS) is 11.1. The number of aryl methyl sites for hydroxylation is 2. The second-order valence-corrected chi connectivity index (χ2v) is 7.50. The lowest BCUT2D eigenvalue weighted by Crippen LogP contribution is -2.41. The molecular formula is C22H18ClFN4O3. The first kappa shape index (κ1) is 20.6. The quantitative estimate of drug-likeness (QED) is 0.529. The van der Waals surface area contributed by atoms with Crippen molar-refractivity contribution < 1.29 is 9.18 Å². The number of fused-ring (bicyclic) bond motifs is 1. The largest absolute Gasteiger partial charge is 0.342 e. The van der Waals surface area contributed by atoms with Gasteiger partial charge in [-0.3, -0.25) is 14.2 Å². The molecule has 0 aliphatic rings. The van der Waals surface area contributed by atoms with Gasteiger partial charge >= 0.3 is 5.69 Å². The number of anilines is 1. The number of hydrogen-bond acceptors (Lipinski definition) is 3. The molecule has 0 spiro atoms. The molecule has 0 bridgehead atoms. The summed E-state index contributed by atoms with van der Waals surface area (Å²) in [5.74, 6) is -0.977. The molecule has 0 saturated heterocycles. The fourth-order valence-corrected chi connectivity index (χ4v) is 3.64. The first-order chi connectivity index (χ1) is 14.8. The van der Waals surface area contributed by atoms with Gasteiger partial charge in [-0.1, -0.05) is 23.7 Å². The van der Waals surface area contributed by atoms with Gasteiger partial charge in [-0.25, -0.2) is 13.8 Å². The number of para-hydroxylation sites is 1. The van der Waals surface area contributed by atoms with Crippen LogP contribution in [0.1, 0.15) is 5.69 Å². The van der Waals surface area contributed by atoms with Gasteiger partial charge in [0.25, 0.3) is 5.56 Å². The lowest BCUT2D eigenvalue weighted by Gasteiger charge is -2.13. The minimum absolute atomic E-state index is 0.206. The maximum atomic E-state index is 13.4. The van der Waals surface area contributed by atoms with Crippen molar-refractivity contribution in [2.75, 3.05) is 5.32 Å². The summed E-state index contributed by atoms with van der Waals surface area (Å²) in [5, 5.41) is 3.04. The van der Waals surface area contributed by atoms with Crippen molar-refractivity contribution in [3.8, 4) is 5.69 Å². The Hall–Kier alpha value is -3.65. The Morgan fingerprint density at radius 3 is 2.45 bits per heavy atom. The van der Waals surface area contributed by atoms with Crippen molar-refractivity contribution in [1.29, 1.82) is 0 Å². The highest BCUT2D eigenvalue weighted by molar-refractivity contribution is 6.33. The van der Waals surface area contributed by atoms with Crippen LogP contribution in [0, 0.1) is 12.7 Å². The first-order valence-corrected chi connectivity index (χ1v) is 9.78. The molecule has 2 aromatic heterocycles. The van der Waals surface area contributed by atoms with Crippen molar-refractivity contribution >= 4 is 34.2 Å². The minimum atomic E-state index is -0.705. The van der Waals surface area contributed by atoms with E-state index >= 15 is 0 Å². The van der Waals surface area contributed by atoms with E-state index in [9.17, 15) is 18.8 Å². The molecule has 0 saturated carbocycles. The number of hydrogen-bond donors (Lipinski definition) is 1. The number of carbonyl (C=O) groups is 1. The van der Waals surface area contributed by atoms with Crippen LogP contribution in [0.15, 0.2) is 64.2 Å². The molecule has 31 heavy (non-hydrogen) atoms. The topological polar surface area (TPSA) is 78.0 Å². The minimum Gasteiger partial charge on any atom is -0.342 e. The summed E-state index contributed by atoms with van der Waals surface area (Å²) in [6, 6.07) is 13.4. The second-order valence-electron chi connectivity index (χ2n) is 7.09. The third-order valence-electron chi connectivity index (χ3n) is 5.11. The Labute approximate surface area is 180 Å². The zero-order valence-corrected chi connectivity index (χ0v) is 17.5. The summed E-state index contributed by atoms with van der Waals surface area (Å²) >= 11 is 6.10. The Kier molecular flexibility index (Phi) is 5.24. The van der Waals surface area contributed by atoms with E-state index in [-0.39, 0.29) is 17.7 Å². The summed E-state index contributed by atoms with van der Waals surface area (Å²) in [4.78, 5) is 39.2. The van der Waals surface area contributed by atoms with Crippen molar-refractivity contribution in [3.63, 3.8) is 0 Å². The molecular weight excluding hydrogens is 423 g/mol. The van der Waals surface area contributed by atoms with Crippen molar-refractivity contribution in [2.24, 2.45) is 7.05 Å². The Morgan fingerprint density at radius 2 is 1.77 bits per heavy atom. The van der Waals surface area contributed by atoms with E-state index in [0.29, 0.717) is 16.2 Å². The zero-order valence-electron chi connectivity index (χ0n) is 16.7. The molecule has 4 aromatic rings. The molecule has 7 nitrogen and oxygen atoms in total. The monoisotopic (exact) mass is 440 g/mol. The second kappa shape index (κ2) is 7.88. The van der Waals surface area contributed by atoms with Crippen LogP contribution in [0.3, 0.4) is 0 Å². The maximum Gasteiger partial charge on any atom is 0.336 e. The Morgan fingerprint density at radius 1 is 1.10 bits per heavy atom. The van der Waals surface area contributed by atoms with E-state index in [0.717, 1.165) is 22.4 Å². The van der Waals surface area contributed by atoms with Gasteiger partial charge in [-0.2, -0.15) is 0 Å². The fraction of sp³-hybridized carbons (Fsp3) is 0.136. The maximum absolute atomic E-state index is 13.4.